The molecule has 3 rings (SSSR count). The van der Waals surface area contributed by atoms with Crippen LogP contribution in [0.25, 0.3) is 0 Å². The molecule has 0 spiro atoms. The summed E-state index contributed by atoms with van der Waals surface area (Å²) in [5.74, 6) is 0.372. The molecule has 1 aliphatic carbocycles. The Morgan fingerprint density at radius 1 is 1.41 bits per heavy atom. The summed E-state index contributed by atoms with van der Waals surface area (Å²) in [7, 11) is 1.49. The number of aliphatic hydroxyl groups is 1. The van der Waals surface area contributed by atoms with Gasteiger partial charge in [-0.2, -0.15) is 0 Å². The van der Waals surface area contributed by atoms with Crippen LogP contribution in [0.2, 0.25) is 0 Å². The Morgan fingerprint density at radius 2 is 2.14 bits per heavy atom. The molecule has 0 saturated heterocycles. The number of carbonyl (C=O) groups is 1. The van der Waals surface area contributed by atoms with Crippen molar-refractivity contribution in [2.24, 2.45) is 4.99 Å². The van der Waals surface area contributed by atoms with Gasteiger partial charge < -0.3 is 14.6 Å². The minimum Gasteiger partial charge on any atom is -0.496 e. The first kappa shape index (κ1) is 15.2. The summed E-state index contributed by atoms with van der Waals surface area (Å²) < 4.78 is 11.3. The number of methoxy groups -OCH3 is 1. The van der Waals surface area contributed by atoms with E-state index in [1.807, 2.05) is 13.8 Å². The van der Waals surface area contributed by atoms with Gasteiger partial charge in [-0.3, -0.25) is 4.79 Å². The van der Waals surface area contributed by atoms with Gasteiger partial charge in [0.1, 0.15) is 12.4 Å². The third-order valence-electron chi connectivity index (χ3n) is 3.75. The molecular weight excluding hydrogens is 350 g/mol. The van der Waals surface area contributed by atoms with Gasteiger partial charge in [-0.1, -0.05) is 28.1 Å². The van der Waals surface area contributed by atoms with E-state index in [9.17, 15) is 9.90 Å². The van der Waals surface area contributed by atoms with E-state index in [1.165, 1.54) is 13.2 Å². The Labute approximate surface area is 136 Å². The molecule has 0 fully saturated rings. The monoisotopic (exact) mass is 365 g/mol. The van der Waals surface area contributed by atoms with E-state index in [0.29, 0.717) is 28.0 Å². The van der Waals surface area contributed by atoms with Crippen molar-refractivity contribution in [2.75, 3.05) is 13.7 Å². The van der Waals surface area contributed by atoms with E-state index in [2.05, 4.69) is 20.9 Å². The van der Waals surface area contributed by atoms with Crippen LogP contribution < -0.4 is 4.74 Å². The predicted molar refractivity (Wildman–Crippen MR) is 85.7 cm³/mol. The van der Waals surface area contributed by atoms with Gasteiger partial charge in [0.25, 0.3) is 0 Å². The fourth-order valence-corrected chi connectivity index (χ4v) is 3.25. The number of ether oxygens (including phenoxy) is 2. The number of rotatable bonds is 2. The molecule has 1 heterocycles. The molecule has 5 nitrogen and oxygen atoms in total. The van der Waals surface area contributed by atoms with Crippen LogP contribution in [0.5, 0.6) is 5.75 Å². The van der Waals surface area contributed by atoms with Gasteiger partial charge in [0.05, 0.1) is 18.2 Å². The third kappa shape index (κ3) is 2.09. The van der Waals surface area contributed by atoms with Crippen molar-refractivity contribution in [2.45, 2.75) is 25.0 Å². The molecule has 0 radical (unpaired) electrons. The lowest BCUT2D eigenvalue weighted by molar-refractivity contribution is 0.0972. The van der Waals surface area contributed by atoms with Crippen LogP contribution in [0.3, 0.4) is 0 Å². The number of nitrogens with zero attached hydrogens (tertiary/aromatic N) is 1. The average Bonchev–Trinajstić information content (AvgIpc) is 2.84. The zero-order valence-corrected chi connectivity index (χ0v) is 14.1. The zero-order valence-electron chi connectivity index (χ0n) is 12.5. The number of aliphatic imine (C=N–C) groups is 1. The Kier molecular flexibility index (Phi) is 3.41. The van der Waals surface area contributed by atoms with Crippen molar-refractivity contribution in [1.29, 1.82) is 0 Å². The summed E-state index contributed by atoms with van der Waals surface area (Å²) in [5, 5.41) is 11.4. The fraction of sp³-hybridized carbons (Fsp3) is 0.375. The molecule has 0 saturated carbocycles. The third-order valence-corrected chi connectivity index (χ3v) is 4.56. The second kappa shape index (κ2) is 4.93. The topological polar surface area (TPSA) is 68.1 Å². The number of hydrogen-bond donors (Lipinski definition) is 1. The molecule has 1 aromatic rings. The van der Waals surface area contributed by atoms with Gasteiger partial charge in [-0.15, -0.1) is 0 Å². The number of hydrogen-bond acceptors (Lipinski definition) is 5. The van der Waals surface area contributed by atoms with Crippen LogP contribution in [0.15, 0.2) is 33.7 Å². The Balaban J connectivity index is 2.29. The predicted octanol–water partition coefficient (Wildman–Crippen LogP) is 2.57. The van der Waals surface area contributed by atoms with Gasteiger partial charge in [-0.05, 0) is 19.9 Å². The van der Waals surface area contributed by atoms with Gasteiger partial charge in [-0.25, -0.2) is 4.99 Å². The average molecular weight is 366 g/mol. The standard InChI is InChI=1S/C16H16BrNO4/c1-15(2)8-22-14(18-15)16(20)12(17)7-10(19)9-5-4-6-11(21-3)13(9)16/h4-7,20H,8H2,1-3H3. The molecule has 0 bridgehead atoms. The number of fused-ring (bicyclic) bond motifs is 1. The van der Waals surface area contributed by atoms with Crippen molar-refractivity contribution in [1.82, 2.24) is 0 Å². The smallest absolute Gasteiger partial charge is 0.227 e. The van der Waals surface area contributed by atoms with E-state index >= 15 is 0 Å². The lowest BCUT2D eigenvalue weighted by Gasteiger charge is -2.33. The maximum atomic E-state index is 12.2. The van der Waals surface area contributed by atoms with Crippen molar-refractivity contribution in [3.63, 3.8) is 0 Å². The number of halogens is 1. The van der Waals surface area contributed by atoms with Gasteiger partial charge in [0.2, 0.25) is 11.5 Å². The summed E-state index contributed by atoms with van der Waals surface area (Å²) in [6.45, 7) is 4.19. The zero-order chi connectivity index (χ0) is 16.1. The summed E-state index contributed by atoms with van der Waals surface area (Å²) >= 11 is 3.31. The number of carbonyl (C=O) groups excluding carboxylic acids is 1. The minimum absolute atomic E-state index is 0.166. The van der Waals surface area contributed by atoms with Gasteiger partial charge in [0, 0.05) is 16.1 Å². The molecular formula is C16H16BrNO4. The molecule has 6 heteroatoms. The first-order valence-electron chi connectivity index (χ1n) is 6.84. The quantitative estimate of drug-likeness (QED) is 0.874. The lowest BCUT2D eigenvalue weighted by Crippen LogP contribution is -2.40. The summed E-state index contributed by atoms with van der Waals surface area (Å²) in [5.41, 5.74) is -1.36. The van der Waals surface area contributed by atoms with Crippen molar-refractivity contribution < 1.29 is 19.4 Å². The highest BCUT2D eigenvalue weighted by Gasteiger charge is 2.50. The van der Waals surface area contributed by atoms with E-state index in [0.717, 1.165) is 0 Å². The Hall–Kier alpha value is -1.66. The molecule has 0 aromatic heterocycles. The summed E-state index contributed by atoms with van der Waals surface area (Å²) in [6.07, 6.45) is 1.35. The number of ketones is 1. The number of allylic oxidation sites excluding steroid dienone is 1. The molecule has 1 N–H and O–H groups in total. The van der Waals surface area contributed by atoms with Crippen molar-refractivity contribution >= 4 is 27.6 Å². The van der Waals surface area contributed by atoms with Crippen LogP contribution in [0.4, 0.5) is 0 Å². The Morgan fingerprint density at radius 3 is 2.73 bits per heavy atom. The van der Waals surface area contributed by atoms with Gasteiger partial charge in [0.15, 0.2) is 5.78 Å². The highest BCUT2D eigenvalue weighted by Crippen LogP contribution is 2.46. The highest BCUT2D eigenvalue weighted by atomic mass is 79.9. The molecule has 1 aliphatic heterocycles. The normalized spacial score (nSPS) is 26.0. The molecule has 22 heavy (non-hydrogen) atoms. The molecule has 1 atom stereocenters. The van der Waals surface area contributed by atoms with Crippen LogP contribution >= 0.6 is 15.9 Å². The SMILES string of the molecule is COc1cccc2c1C(O)(C1=NC(C)(C)CO1)C(Br)=CC2=O. The van der Waals surface area contributed by atoms with Gasteiger partial charge >= 0.3 is 0 Å². The molecule has 116 valence electrons. The highest BCUT2D eigenvalue weighted by molar-refractivity contribution is 9.11. The van der Waals surface area contributed by atoms with Crippen LogP contribution in [0, 0.1) is 0 Å². The number of benzene rings is 1. The summed E-state index contributed by atoms with van der Waals surface area (Å²) in [4.78, 5) is 16.7. The van der Waals surface area contributed by atoms with E-state index in [4.69, 9.17) is 9.47 Å². The second-order valence-corrected chi connectivity index (χ2v) is 6.82. The maximum absolute atomic E-state index is 12.2. The minimum atomic E-state index is -1.66. The molecule has 2 aliphatic rings. The largest absolute Gasteiger partial charge is 0.496 e. The lowest BCUT2D eigenvalue weighted by atomic mass is 9.82. The molecule has 1 unspecified atom stereocenters. The van der Waals surface area contributed by atoms with E-state index in [1.54, 1.807) is 18.2 Å². The fourth-order valence-electron chi connectivity index (χ4n) is 2.68. The maximum Gasteiger partial charge on any atom is 0.227 e. The van der Waals surface area contributed by atoms with Crippen molar-refractivity contribution in [3.05, 3.63) is 39.9 Å². The van der Waals surface area contributed by atoms with Crippen molar-refractivity contribution in [3.8, 4) is 5.75 Å². The second-order valence-electron chi connectivity index (χ2n) is 5.97. The van der Waals surface area contributed by atoms with Crippen LogP contribution in [-0.2, 0) is 10.3 Å². The van der Waals surface area contributed by atoms with Crippen LogP contribution in [-0.4, -0.2) is 36.0 Å². The Bertz CT molecular complexity index is 723. The first-order valence-corrected chi connectivity index (χ1v) is 7.64. The molecule has 1 aromatic carbocycles. The van der Waals surface area contributed by atoms with Crippen LogP contribution in [0.1, 0.15) is 29.8 Å². The summed E-state index contributed by atoms with van der Waals surface area (Å²) in [6, 6.07) is 5.06. The first-order chi connectivity index (χ1) is 10.3. The van der Waals surface area contributed by atoms with E-state index < -0.39 is 11.1 Å². The molecule has 0 amide bonds. The van der Waals surface area contributed by atoms with E-state index in [-0.39, 0.29) is 11.7 Å².